The number of ketones is 1. The SMILES string of the molecule is COCCCN1C(=O)C(=O)C(=C(O)c2ccc(OCc3cccc(C)c3)cc2)[C@@H]1c1ccccc1F. The zero-order chi connectivity index (χ0) is 25.7. The molecule has 6 nitrogen and oxygen atoms in total. The van der Waals surface area contributed by atoms with Crippen LogP contribution in [0.3, 0.4) is 0 Å². The molecule has 3 aromatic rings. The fourth-order valence-electron chi connectivity index (χ4n) is 4.34. The molecule has 1 fully saturated rings. The summed E-state index contributed by atoms with van der Waals surface area (Å²) in [6.45, 7) is 2.95. The minimum atomic E-state index is -1.04. The first-order chi connectivity index (χ1) is 17.4. The Morgan fingerprint density at radius 1 is 1.03 bits per heavy atom. The van der Waals surface area contributed by atoms with E-state index in [0.717, 1.165) is 11.1 Å². The monoisotopic (exact) mass is 489 g/mol. The lowest BCUT2D eigenvalue weighted by atomic mass is 9.95. The average Bonchev–Trinajstić information content (AvgIpc) is 3.13. The number of benzene rings is 3. The summed E-state index contributed by atoms with van der Waals surface area (Å²) in [5.74, 6) is -1.97. The molecule has 0 spiro atoms. The van der Waals surface area contributed by atoms with Crippen LogP contribution < -0.4 is 4.74 Å². The van der Waals surface area contributed by atoms with Gasteiger partial charge in [0.1, 0.15) is 23.9 Å². The van der Waals surface area contributed by atoms with E-state index in [1.54, 1.807) is 30.3 Å². The van der Waals surface area contributed by atoms with Crippen molar-refractivity contribution in [2.75, 3.05) is 20.3 Å². The number of Topliss-reactive ketones (excluding diaryl/α,β-unsaturated/α-hetero) is 1. The number of hydrogen-bond acceptors (Lipinski definition) is 5. The van der Waals surface area contributed by atoms with Gasteiger partial charge in [-0.15, -0.1) is 0 Å². The molecule has 7 heteroatoms. The van der Waals surface area contributed by atoms with Gasteiger partial charge in [-0.1, -0.05) is 48.0 Å². The lowest BCUT2D eigenvalue weighted by Gasteiger charge is -2.25. The molecule has 4 rings (SSSR count). The van der Waals surface area contributed by atoms with E-state index in [-0.39, 0.29) is 23.4 Å². The topological polar surface area (TPSA) is 76.1 Å². The molecule has 186 valence electrons. The van der Waals surface area contributed by atoms with Gasteiger partial charge in [-0.3, -0.25) is 9.59 Å². The van der Waals surface area contributed by atoms with Crippen molar-refractivity contribution >= 4 is 17.4 Å². The van der Waals surface area contributed by atoms with Crippen molar-refractivity contribution in [2.24, 2.45) is 0 Å². The van der Waals surface area contributed by atoms with Crippen molar-refractivity contribution in [1.82, 2.24) is 4.90 Å². The molecule has 0 saturated carbocycles. The second kappa shape index (κ2) is 11.2. The third-order valence-corrected chi connectivity index (χ3v) is 6.10. The average molecular weight is 490 g/mol. The first-order valence-electron chi connectivity index (χ1n) is 11.7. The Labute approximate surface area is 209 Å². The second-order valence-corrected chi connectivity index (χ2v) is 8.66. The van der Waals surface area contributed by atoms with Crippen LogP contribution in [0, 0.1) is 12.7 Å². The van der Waals surface area contributed by atoms with Gasteiger partial charge in [0, 0.05) is 31.4 Å². The maximum Gasteiger partial charge on any atom is 0.295 e. The number of nitrogens with zero attached hydrogens (tertiary/aromatic N) is 1. The highest BCUT2D eigenvalue weighted by Crippen LogP contribution is 2.40. The fourth-order valence-corrected chi connectivity index (χ4v) is 4.34. The number of ether oxygens (including phenoxy) is 2. The molecule has 0 bridgehead atoms. The van der Waals surface area contributed by atoms with Crippen molar-refractivity contribution in [3.63, 3.8) is 0 Å². The molecule has 3 aromatic carbocycles. The highest BCUT2D eigenvalue weighted by Gasteiger charge is 2.46. The van der Waals surface area contributed by atoms with Gasteiger partial charge in [-0.2, -0.15) is 0 Å². The van der Waals surface area contributed by atoms with Crippen LogP contribution in [0.2, 0.25) is 0 Å². The Hall–Kier alpha value is -3.97. The van der Waals surface area contributed by atoms with E-state index in [0.29, 0.717) is 30.9 Å². The highest BCUT2D eigenvalue weighted by molar-refractivity contribution is 6.46. The number of likely N-dealkylation sites (tertiary alicyclic amines) is 1. The number of rotatable bonds is 9. The fraction of sp³-hybridized carbons (Fsp3) is 0.241. The highest BCUT2D eigenvalue weighted by atomic mass is 19.1. The summed E-state index contributed by atoms with van der Waals surface area (Å²) in [7, 11) is 1.54. The quantitative estimate of drug-likeness (QED) is 0.194. The van der Waals surface area contributed by atoms with Gasteiger partial charge in [-0.05, 0) is 49.2 Å². The number of aliphatic hydroxyl groups excluding tert-OH is 1. The van der Waals surface area contributed by atoms with E-state index < -0.39 is 23.5 Å². The zero-order valence-corrected chi connectivity index (χ0v) is 20.2. The van der Waals surface area contributed by atoms with E-state index >= 15 is 0 Å². The largest absolute Gasteiger partial charge is 0.507 e. The van der Waals surface area contributed by atoms with Crippen molar-refractivity contribution in [2.45, 2.75) is 26.0 Å². The Kier molecular flexibility index (Phi) is 7.80. The van der Waals surface area contributed by atoms with E-state index in [2.05, 4.69) is 0 Å². The van der Waals surface area contributed by atoms with Gasteiger partial charge in [0.25, 0.3) is 11.7 Å². The molecule has 36 heavy (non-hydrogen) atoms. The Balaban J connectivity index is 1.64. The van der Waals surface area contributed by atoms with Crippen molar-refractivity contribution in [3.8, 4) is 5.75 Å². The van der Waals surface area contributed by atoms with Crippen LogP contribution in [0.25, 0.3) is 5.76 Å². The van der Waals surface area contributed by atoms with Crippen molar-refractivity contribution in [1.29, 1.82) is 0 Å². The second-order valence-electron chi connectivity index (χ2n) is 8.66. The Morgan fingerprint density at radius 3 is 2.47 bits per heavy atom. The lowest BCUT2D eigenvalue weighted by molar-refractivity contribution is -0.140. The first kappa shape index (κ1) is 25.1. The molecule has 1 amide bonds. The summed E-state index contributed by atoms with van der Waals surface area (Å²) < 4.78 is 25.7. The Bertz CT molecular complexity index is 1280. The van der Waals surface area contributed by atoms with Crippen LogP contribution in [-0.4, -0.2) is 42.0 Å². The molecular weight excluding hydrogens is 461 g/mol. The Morgan fingerprint density at radius 2 is 1.78 bits per heavy atom. The summed E-state index contributed by atoms with van der Waals surface area (Å²) in [5.41, 5.74) is 2.50. The third-order valence-electron chi connectivity index (χ3n) is 6.10. The van der Waals surface area contributed by atoms with Gasteiger partial charge >= 0.3 is 0 Å². The van der Waals surface area contributed by atoms with Crippen LogP contribution >= 0.6 is 0 Å². The van der Waals surface area contributed by atoms with Gasteiger partial charge in [0.05, 0.1) is 11.6 Å². The predicted octanol–water partition coefficient (Wildman–Crippen LogP) is 5.17. The van der Waals surface area contributed by atoms with Crippen molar-refractivity contribution in [3.05, 3.63) is 106 Å². The molecule has 1 atom stereocenters. The van der Waals surface area contributed by atoms with Crippen LogP contribution in [0.4, 0.5) is 4.39 Å². The number of aryl methyl sites for hydroxylation is 1. The standard InChI is InChI=1S/C29H28FNO5/c1-19-7-5-8-20(17-19)18-36-22-13-11-21(12-14-22)27(32)25-26(23-9-3-4-10-24(23)30)31(15-6-16-35-2)29(34)28(25)33/h3-5,7-14,17,26,32H,6,15-16,18H2,1-2H3/t26-/m0/s1. The molecule has 1 heterocycles. The summed E-state index contributed by atoms with van der Waals surface area (Å²) in [6, 6.07) is 19.5. The third kappa shape index (κ3) is 5.31. The summed E-state index contributed by atoms with van der Waals surface area (Å²) in [5, 5.41) is 11.1. The minimum absolute atomic E-state index is 0.143. The number of carbonyl (C=O) groups is 2. The van der Waals surface area contributed by atoms with E-state index in [1.165, 1.54) is 30.2 Å². The van der Waals surface area contributed by atoms with Crippen LogP contribution in [0.15, 0.2) is 78.4 Å². The molecule has 1 aliphatic heterocycles. The molecule has 0 aliphatic carbocycles. The molecule has 1 N–H and O–H groups in total. The zero-order valence-electron chi connectivity index (χ0n) is 20.2. The molecule has 0 radical (unpaired) electrons. The van der Waals surface area contributed by atoms with Crippen molar-refractivity contribution < 1.29 is 28.6 Å². The minimum Gasteiger partial charge on any atom is -0.507 e. The molecule has 1 saturated heterocycles. The van der Waals surface area contributed by atoms with E-state index in [1.807, 2.05) is 31.2 Å². The summed E-state index contributed by atoms with van der Waals surface area (Å²) >= 11 is 0. The van der Waals surface area contributed by atoms with Gasteiger partial charge in [0.15, 0.2) is 0 Å². The number of halogens is 1. The number of methoxy groups -OCH3 is 1. The number of aliphatic hydroxyl groups is 1. The number of carbonyl (C=O) groups excluding carboxylic acids is 2. The van der Waals surface area contributed by atoms with Gasteiger partial charge < -0.3 is 19.5 Å². The summed E-state index contributed by atoms with van der Waals surface area (Å²) in [6.07, 6.45) is 0.460. The molecular formula is C29H28FNO5. The smallest absolute Gasteiger partial charge is 0.295 e. The predicted molar refractivity (Wildman–Crippen MR) is 134 cm³/mol. The van der Waals surface area contributed by atoms with Gasteiger partial charge in [0.2, 0.25) is 0 Å². The molecule has 0 unspecified atom stereocenters. The number of amides is 1. The normalized spacial score (nSPS) is 17.0. The number of hydrogen-bond donors (Lipinski definition) is 1. The maximum atomic E-state index is 14.8. The molecule has 0 aromatic heterocycles. The first-order valence-corrected chi connectivity index (χ1v) is 11.7. The van der Waals surface area contributed by atoms with Crippen LogP contribution in [0.1, 0.15) is 34.7 Å². The van der Waals surface area contributed by atoms with Gasteiger partial charge in [-0.25, -0.2) is 4.39 Å². The maximum absolute atomic E-state index is 14.8. The van der Waals surface area contributed by atoms with E-state index in [4.69, 9.17) is 9.47 Å². The van der Waals surface area contributed by atoms with Crippen LogP contribution in [0.5, 0.6) is 5.75 Å². The summed E-state index contributed by atoms with van der Waals surface area (Å²) in [4.78, 5) is 27.2. The van der Waals surface area contributed by atoms with Crippen LogP contribution in [-0.2, 0) is 20.9 Å². The lowest BCUT2D eigenvalue weighted by Crippen LogP contribution is -2.31. The molecule has 1 aliphatic rings. The van der Waals surface area contributed by atoms with E-state index in [9.17, 15) is 19.1 Å².